The Morgan fingerprint density at radius 2 is 1.83 bits per heavy atom. The molecule has 1 rings (SSSR count). The number of hydrogen-bond acceptors (Lipinski definition) is 2. The number of hydrogen-bond donors (Lipinski definition) is 1. The van der Waals surface area contributed by atoms with Crippen molar-refractivity contribution < 1.29 is 14.0 Å². The predicted octanol–water partition coefficient (Wildman–Crippen LogP) is 2.56. The average Bonchev–Trinajstić information content (AvgIpc) is 2.30. The molecule has 0 aliphatic rings. The van der Waals surface area contributed by atoms with Crippen molar-refractivity contribution in [2.75, 3.05) is 28.2 Å². The number of nitrogens with one attached hydrogen (secondary N) is 1. The summed E-state index contributed by atoms with van der Waals surface area (Å²) in [6.07, 6.45) is 0.625. The summed E-state index contributed by atoms with van der Waals surface area (Å²) in [4.78, 5) is 11.1. The first-order chi connectivity index (χ1) is 8.38. The van der Waals surface area contributed by atoms with Gasteiger partial charge in [-0.25, -0.2) is 4.79 Å². The molecule has 1 atom stereocenters. The lowest BCUT2D eigenvalue weighted by molar-refractivity contribution is -0.902. The maximum Gasteiger partial charge on any atom is 0.412 e. The molecule has 0 heterocycles. The van der Waals surface area contributed by atoms with Gasteiger partial charge in [0, 0.05) is 19.0 Å². The number of carbonyl (C=O) groups excluding carboxylic acids is 1. The normalized spacial score (nSPS) is 12.9. The first kappa shape index (κ1) is 14.5. The zero-order chi connectivity index (χ0) is 13.8. The molecule has 0 aromatic heterocycles. The maximum absolute atomic E-state index is 11.1. The van der Waals surface area contributed by atoms with Gasteiger partial charge in [-0.1, -0.05) is 6.92 Å². The molecule has 1 unspecified atom stereocenters. The minimum Gasteiger partial charge on any atom is -0.410 e. The van der Waals surface area contributed by atoms with Crippen LogP contribution >= 0.6 is 0 Å². The third-order valence-corrected chi connectivity index (χ3v) is 3.00. The molecule has 4 heteroatoms. The molecule has 0 aliphatic heterocycles. The summed E-state index contributed by atoms with van der Waals surface area (Å²) in [5.74, 6) is 0.564. The Labute approximate surface area is 109 Å². The second kappa shape index (κ2) is 5.87. The van der Waals surface area contributed by atoms with Crippen LogP contribution in [0.3, 0.4) is 0 Å². The summed E-state index contributed by atoms with van der Waals surface area (Å²) in [5, 5.41) is 2.42. The summed E-state index contributed by atoms with van der Waals surface area (Å²) < 4.78 is 5.94. The van der Waals surface area contributed by atoms with E-state index in [2.05, 4.69) is 33.4 Å². The molecule has 0 fully saturated rings. The topological polar surface area (TPSA) is 38.3 Å². The highest BCUT2D eigenvalue weighted by molar-refractivity contribution is 5.69. The Kier molecular flexibility index (Phi) is 4.73. The zero-order valence-electron chi connectivity index (χ0n) is 11.9. The monoisotopic (exact) mass is 251 g/mol. The van der Waals surface area contributed by atoms with Crippen LogP contribution < -0.4 is 10.1 Å². The van der Waals surface area contributed by atoms with Gasteiger partial charge in [-0.2, -0.15) is 0 Å². The minimum absolute atomic E-state index is 0.443. The standard InChI is InChI=1S/C14H22N2O2/c1-6-13(16(3,4)5)11-7-9-12(10-8-11)18-14(17)15-2/h7-10,13H,6H2,1-5H3/p+1. The molecule has 0 spiro atoms. The quantitative estimate of drug-likeness (QED) is 0.835. The molecule has 1 aromatic carbocycles. The molecule has 0 aliphatic carbocycles. The number of rotatable bonds is 4. The van der Waals surface area contributed by atoms with Crippen molar-refractivity contribution in [1.82, 2.24) is 5.32 Å². The average molecular weight is 251 g/mol. The van der Waals surface area contributed by atoms with E-state index < -0.39 is 6.09 Å². The van der Waals surface area contributed by atoms with Crippen LogP contribution in [0.4, 0.5) is 4.79 Å². The highest BCUT2D eigenvalue weighted by atomic mass is 16.5. The van der Waals surface area contributed by atoms with Gasteiger partial charge in [0.15, 0.2) is 0 Å². The van der Waals surface area contributed by atoms with Crippen molar-refractivity contribution in [2.45, 2.75) is 19.4 Å². The molecule has 0 radical (unpaired) electrons. The van der Waals surface area contributed by atoms with Crippen molar-refractivity contribution in [3.8, 4) is 5.75 Å². The van der Waals surface area contributed by atoms with E-state index in [1.165, 1.54) is 5.56 Å². The lowest BCUT2D eigenvalue weighted by Gasteiger charge is -2.33. The van der Waals surface area contributed by atoms with Gasteiger partial charge in [-0.05, 0) is 24.3 Å². The Bertz CT molecular complexity index is 393. The van der Waals surface area contributed by atoms with Crippen molar-refractivity contribution in [2.24, 2.45) is 0 Å². The van der Waals surface area contributed by atoms with Gasteiger partial charge >= 0.3 is 6.09 Å². The molecule has 100 valence electrons. The highest BCUT2D eigenvalue weighted by Gasteiger charge is 2.23. The Morgan fingerprint density at radius 1 is 1.28 bits per heavy atom. The number of quaternary nitrogens is 1. The minimum atomic E-state index is -0.443. The molecular formula is C14H23N2O2+. The van der Waals surface area contributed by atoms with E-state index in [-0.39, 0.29) is 0 Å². The molecule has 0 bridgehead atoms. The lowest BCUT2D eigenvalue weighted by Crippen LogP contribution is -2.38. The van der Waals surface area contributed by atoms with Crippen molar-refractivity contribution >= 4 is 6.09 Å². The largest absolute Gasteiger partial charge is 0.412 e. The molecule has 1 amide bonds. The number of benzene rings is 1. The van der Waals surface area contributed by atoms with Crippen LogP contribution in [0.5, 0.6) is 5.75 Å². The Morgan fingerprint density at radius 3 is 2.22 bits per heavy atom. The SMILES string of the molecule is CCC(c1ccc(OC(=O)NC)cc1)[N+](C)(C)C. The van der Waals surface area contributed by atoms with Gasteiger partial charge < -0.3 is 14.5 Å². The van der Waals surface area contributed by atoms with E-state index in [9.17, 15) is 4.79 Å². The van der Waals surface area contributed by atoms with Gasteiger partial charge in [0.2, 0.25) is 0 Å². The van der Waals surface area contributed by atoms with Gasteiger partial charge in [0.25, 0.3) is 0 Å². The van der Waals surface area contributed by atoms with Crippen LogP contribution in [-0.4, -0.2) is 38.8 Å². The summed E-state index contributed by atoms with van der Waals surface area (Å²) in [7, 11) is 8.09. The fourth-order valence-corrected chi connectivity index (χ4v) is 2.15. The van der Waals surface area contributed by atoms with Crippen molar-refractivity contribution in [3.63, 3.8) is 0 Å². The van der Waals surface area contributed by atoms with Crippen LogP contribution in [-0.2, 0) is 0 Å². The second-order valence-electron chi connectivity index (χ2n) is 5.25. The molecule has 4 nitrogen and oxygen atoms in total. The fourth-order valence-electron chi connectivity index (χ4n) is 2.15. The predicted molar refractivity (Wildman–Crippen MR) is 72.6 cm³/mol. The van der Waals surface area contributed by atoms with Crippen molar-refractivity contribution in [3.05, 3.63) is 29.8 Å². The first-order valence-electron chi connectivity index (χ1n) is 6.19. The van der Waals surface area contributed by atoms with E-state index in [0.717, 1.165) is 10.9 Å². The highest BCUT2D eigenvalue weighted by Crippen LogP contribution is 2.27. The number of ether oxygens (including phenoxy) is 1. The summed E-state index contributed by atoms with van der Waals surface area (Å²) >= 11 is 0. The summed E-state index contributed by atoms with van der Waals surface area (Å²) in [6, 6.07) is 8.16. The first-order valence-corrected chi connectivity index (χ1v) is 6.19. The lowest BCUT2D eigenvalue weighted by atomic mass is 10.0. The van der Waals surface area contributed by atoms with E-state index >= 15 is 0 Å². The van der Waals surface area contributed by atoms with Gasteiger partial charge in [-0.3, -0.25) is 0 Å². The van der Waals surface area contributed by atoms with E-state index in [1.54, 1.807) is 7.05 Å². The smallest absolute Gasteiger partial charge is 0.410 e. The molecule has 0 saturated heterocycles. The van der Waals surface area contributed by atoms with Crippen LogP contribution in [0.25, 0.3) is 0 Å². The van der Waals surface area contributed by atoms with E-state index in [0.29, 0.717) is 11.8 Å². The summed E-state index contributed by atoms with van der Waals surface area (Å²) in [5.41, 5.74) is 1.26. The fraction of sp³-hybridized carbons (Fsp3) is 0.500. The van der Waals surface area contributed by atoms with Crippen molar-refractivity contribution in [1.29, 1.82) is 0 Å². The van der Waals surface area contributed by atoms with E-state index in [4.69, 9.17) is 4.74 Å². The Balaban J connectivity index is 2.84. The molecule has 0 saturated carbocycles. The van der Waals surface area contributed by atoms with Crippen LogP contribution in [0.1, 0.15) is 24.9 Å². The third kappa shape index (κ3) is 3.74. The van der Waals surface area contributed by atoms with Gasteiger partial charge in [0.1, 0.15) is 11.8 Å². The van der Waals surface area contributed by atoms with Crippen LogP contribution in [0.2, 0.25) is 0 Å². The molecule has 1 aromatic rings. The van der Waals surface area contributed by atoms with Crippen LogP contribution in [0.15, 0.2) is 24.3 Å². The second-order valence-corrected chi connectivity index (χ2v) is 5.25. The maximum atomic E-state index is 11.1. The number of carbonyl (C=O) groups is 1. The number of nitrogens with zero attached hydrogens (tertiary/aromatic N) is 1. The van der Waals surface area contributed by atoms with Crippen LogP contribution in [0, 0.1) is 0 Å². The van der Waals surface area contributed by atoms with Gasteiger partial charge in [0.05, 0.1) is 21.1 Å². The summed E-state index contributed by atoms with van der Waals surface area (Å²) in [6.45, 7) is 2.18. The molecular weight excluding hydrogens is 228 g/mol. The molecule has 1 N–H and O–H groups in total. The van der Waals surface area contributed by atoms with Gasteiger partial charge in [-0.15, -0.1) is 0 Å². The third-order valence-electron chi connectivity index (χ3n) is 3.00. The number of amides is 1. The molecule has 18 heavy (non-hydrogen) atoms. The zero-order valence-corrected chi connectivity index (χ0v) is 11.9. The Hall–Kier alpha value is -1.55. The van der Waals surface area contributed by atoms with E-state index in [1.807, 2.05) is 24.3 Å².